The average molecular weight is 323 g/mol. The van der Waals surface area contributed by atoms with Gasteiger partial charge in [0.05, 0.1) is 0 Å². The fourth-order valence-corrected chi connectivity index (χ4v) is 2.23. The topological polar surface area (TPSA) is 3.24 Å². The number of halogens is 3. The maximum atomic E-state index is 13.5. The highest BCUT2D eigenvalue weighted by Crippen LogP contribution is 2.16. The second-order valence-corrected chi connectivity index (χ2v) is 5.45. The lowest BCUT2D eigenvalue weighted by Crippen LogP contribution is -2.19. The van der Waals surface area contributed by atoms with E-state index < -0.39 is 0 Å². The Morgan fingerprint density at radius 1 is 1.29 bits per heavy atom. The quantitative estimate of drug-likeness (QED) is 0.528. The highest BCUT2D eigenvalue weighted by Gasteiger charge is 2.06. The summed E-state index contributed by atoms with van der Waals surface area (Å²) in [5.74, 6) is -0.218. The summed E-state index contributed by atoms with van der Waals surface area (Å²) < 4.78 is 13.5. The molecule has 1 aromatic rings. The summed E-state index contributed by atoms with van der Waals surface area (Å²) in [5, 5.41) is 1.51. The van der Waals surface area contributed by atoms with Crippen LogP contribution in [0.15, 0.2) is 18.2 Å². The molecule has 0 bridgehead atoms. The second-order valence-electron chi connectivity index (χ2n) is 4.22. The molecular formula is C13H18BrClFN. The van der Waals surface area contributed by atoms with E-state index in [1.807, 2.05) is 7.05 Å². The first-order valence-corrected chi connectivity index (χ1v) is 7.32. The van der Waals surface area contributed by atoms with Gasteiger partial charge >= 0.3 is 0 Å². The normalized spacial score (nSPS) is 11.1. The van der Waals surface area contributed by atoms with E-state index in [2.05, 4.69) is 20.8 Å². The summed E-state index contributed by atoms with van der Waals surface area (Å²) in [6.45, 7) is 1.63. The minimum atomic E-state index is -0.218. The lowest BCUT2D eigenvalue weighted by molar-refractivity contribution is 0.313. The molecule has 17 heavy (non-hydrogen) atoms. The summed E-state index contributed by atoms with van der Waals surface area (Å²) in [4.78, 5) is 2.14. The van der Waals surface area contributed by atoms with E-state index >= 15 is 0 Å². The number of hydrogen-bond donors (Lipinski definition) is 0. The van der Waals surface area contributed by atoms with Crippen LogP contribution < -0.4 is 0 Å². The molecule has 0 radical (unpaired) electrons. The van der Waals surface area contributed by atoms with Gasteiger partial charge < -0.3 is 4.90 Å². The summed E-state index contributed by atoms with van der Waals surface area (Å²) >= 11 is 9.12. The predicted octanol–water partition coefficient (Wildman–Crippen LogP) is 4.48. The van der Waals surface area contributed by atoms with Crippen LogP contribution in [0.4, 0.5) is 4.39 Å². The van der Waals surface area contributed by atoms with E-state index in [0.717, 1.165) is 18.3 Å². The van der Waals surface area contributed by atoms with Gasteiger partial charge in [-0.15, -0.1) is 0 Å². The molecule has 0 unspecified atom stereocenters. The number of unbranched alkanes of at least 4 members (excludes halogenated alkanes) is 2. The third kappa shape index (κ3) is 5.84. The molecule has 0 heterocycles. The number of alkyl halides is 1. The molecule has 0 aliphatic heterocycles. The molecular weight excluding hydrogens is 305 g/mol. The van der Waals surface area contributed by atoms with Crippen molar-refractivity contribution in [3.63, 3.8) is 0 Å². The van der Waals surface area contributed by atoms with Crippen molar-refractivity contribution >= 4 is 27.5 Å². The molecule has 0 N–H and O–H groups in total. The van der Waals surface area contributed by atoms with Gasteiger partial charge in [0.2, 0.25) is 0 Å². The summed E-state index contributed by atoms with van der Waals surface area (Å²) in [6, 6.07) is 4.86. The van der Waals surface area contributed by atoms with Gasteiger partial charge in [-0.05, 0) is 38.6 Å². The van der Waals surface area contributed by atoms with Gasteiger partial charge in [0.15, 0.2) is 0 Å². The zero-order chi connectivity index (χ0) is 12.7. The Balaban J connectivity index is 2.37. The third-order valence-corrected chi connectivity index (χ3v) is 3.42. The second kappa shape index (κ2) is 8.06. The zero-order valence-corrected chi connectivity index (χ0v) is 12.4. The average Bonchev–Trinajstić information content (AvgIpc) is 2.28. The number of benzene rings is 1. The maximum Gasteiger partial charge on any atom is 0.129 e. The fraction of sp³-hybridized carbons (Fsp3) is 0.538. The molecule has 1 rings (SSSR count). The van der Waals surface area contributed by atoms with E-state index in [4.69, 9.17) is 11.6 Å². The van der Waals surface area contributed by atoms with Crippen molar-refractivity contribution in [2.24, 2.45) is 0 Å². The third-order valence-electron chi connectivity index (χ3n) is 2.63. The van der Waals surface area contributed by atoms with Crippen LogP contribution >= 0.6 is 27.5 Å². The molecule has 1 nitrogen and oxygen atoms in total. The van der Waals surface area contributed by atoms with Gasteiger partial charge in [-0.25, -0.2) is 4.39 Å². The molecule has 0 aromatic heterocycles. The smallest absolute Gasteiger partial charge is 0.129 e. The minimum Gasteiger partial charge on any atom is -0.302 e. The van der Waals surface area contributed by atoms with Gasteiger partial charge in [-0.1, -0.05) is 40.0 Å². The summed E-state index contributed by atoms with van der Waals surface area (Å²) in [5.41, 5.74) is 0.706. The zero-order valence-electron chi connectivity index (χ0n) is 10.1. The molecule has 96 valence electrons. The Morgan fingerprint density at radius 3 is 2.71 bits per heavy atom. The molecule has 0 amide bonds. The van der Waals surface area contributed by atoms with Crippen molar-refractivity contribution < 1.29 is 4.39 Å². The highest BCUT2D eigenvalue weighted by molar-refractivity contribution is 9.09. The van der Waals surface area contributed by atoms with Crippen molar-refractivity contribution in [1.82, 2.24) is 4.90 Å². The first-order chi connectivity index (χ1) is 8.13. The van der Waals surface area contributed by atoms with E-state index in [1.54, 1.807) is 12.1 Å². The van der Waals surface area contributed by atoms with Crippen LogP contribution in [0.5, 0.6) is 0 Å². The van der Waals surface area contributed by atoms with Gasteiger partial charge in [0.1, 0.15) is 5.82 Å². The van der Waals surface area contributed by atoms with Crippen molar-refractivity contribution in [3.8, 4) is 0 Å². The Kier molecular flexibility index (Phi) is 7.09. The van der Waals surface area contributed by atoms with Crippen LogP contribution in [0.2, 0.25) is 5.02 Å². The van der Waals surface area contributed by atoms with Crippen LogP contribution in [0.1, 0.15) is 24.8 Å². The summed E-state index contributed by atoms with van der Waals surface area (Å²) in [6.07, 6.45) is 3.55. The van der Waals surface area contributed by atoms with Crippen LogP contribution in [0, 0.1) is 5.82 Å². The van der Waals surface area contributed by atoms with E-state index in [0.29, 0.717) is 17.1 Å². The monoisotopic (exact) mass is 321 g/mol. The Bertz CT molecular complexity index is 346. The predicted molar refractivity (Wildman–Crippen MR) is 75.4 cm³/mol. The summed E-state index contributed by atoms with van der Waals surface area (Å²) in [7, 11) is 2.02. The standard InChI is InChI=1S/C13H18BrClFN/c1-17(8-4-2-3-7-14)10-11-5-6-12(15)9-13(11)16/h5-6,9H,2-4,7-8,10H2,1H3. The van der Waals surface area contributed by atoms with Crippen LogP contribution in [-0.2, 0) is 6.54 Å². The van der Waals surface area contributed by atoms with Crippen LogP contribution in [0.3, 0.4) is 0 Å². The lowest BCUT2D eigenvalue weighted by atomic mass is 10.2. The highest BCUT2D eigenvalue weighted by atomic mass is 79.9. The van der Waals surface area contributed by atoms with E-state index in [9.17, 15) is 4.39 Å². The molecule has 0 fully saturated rings. The molecule has 0 atom stereocenters. The van der Waals surface area contributed by atoms with E-state index in [-0.39, 0.29) is 5.82 Å². The number of hydrogen-bond acceptors (Lipinski definition) is 1. The van der Waals surface area contributed by atoms with Crippen LogP contribution in [-0.4, -0.2) is 23.8 Å². The van der Waals surface area contributed by atoms with Crippen LogP contribution in [0.25, 0.3) is 0 Å². The Morgan fingerprint density at radius 2 is 2.06 bits per heavy atom. The first-order valence-electron chi connectivity index (χ1n) is 5.82. The fourth-order valence-electron chi connectivity index (χ4n) is 1.67. The van der Waals surface area contributed by atoms with Crippen molar-refractivity contribution in [2.45, 2.75) is 25.8 Å². The molecule has 0 aliphatic rings. The Labute approximate surface area is 116 Å². The van der Waals surface area contributed by atoms with Crippen molar-refractivity contribution in [2.75, 3.05) is 18.9 Å². The van der Waals surface area contributed by atoms with Gasteiger partial charge in [-0.3, -0.25) is 0 Å². The SMILES string of the molecule is CN(CCCCCBr)Cc1ccc(Cl)cc1F. The maximum absolute atomic E-state index is 13.5. The molecule has 0 spiro atoms. The van der Waals surface area contributed by atoms with Crippen molar-refractivity contribution in [3.05, 3.63) is 34.6 Å². The number of rotatable bonds is 7. The molecule has 0 saturated heterocycles. The largest absolute Gasteiger partial charge is 0.302 e. The minimum absolute atomic E-state index is 0.218. The molecule has 1 aromatic carbocycles. The van der Waals surface area contributed by atoms with E-state index in [1.165, 1.54) is 18.9 Å². The first kappa shape index (κ1) is 14.9. The van der Waals surface area contributed by atoms with Crippen molar-refractivity contribution in [1.29, 1.82) is 0 Å². The lowest BCUT2D eigenvalue weighted by Gasteiger charge is -2.16. The number of nitrogens with zero attached hydrogens (tertiary/aromatic N) is 1. The Hall–Kier alpha value is -0.120. The molecule has 0 saturated carbocycles. The van der Waals surface area contributed by atoms with Gasteiger partial charge in [0.25, 0.3) is 0 Å². The van der Waals surface area contributed by atoms with Gasteiger partial charge in [-0.2, -0.15) is 0 Å². The molecule has 4 heteroatoms. The van der Waals surface area contributed by atoms with Gasteiger partial charge in [0, 0.05) is 22.5 Å². The molecule has 0 aliphatic carbocycles.